The molecular formula is C15H22N2. The summed E-state index contributed by atoms with van der Waals surface area (Å²) in [6.45, 7) is 10.1. The quantitative estimate of drug-likeness (QED) is 0.832. The minimum Gasteiger partial charge on any atom is -0.385 e. The van der Waals surface area contributed by atoms with E-state index in [4.69, 9.17) is 5.26 Å². The van der Waals surface area contributed by atoms with Crippen molar-refractivity contribution in [3.05, 3.63) is 29.8 Å². The Bertz CT molecular complexity index is 363. The predicted molar refractivity (Wildman–Crippen MR) is 72.8 cm³/mol. The minimum atomic E-state index is 0.672. The monoisotopic (exact) mass is 230 g/mol. The first-order valence-electron chi connectivity index (χ1n) is 6.28. The van der Waals surface area contributed by atoms with Gasteiger partial charge in [0.25, 0.3) is 0 Å². The number of nitrogens with one attached hydrogen (secondary N) is 1. The van der Waals surface area contributed by atoms with E-state index < -0.39 is 0 Å². The van der Waals surface area contributed by atoms with Crippen LogP contribution in [0.2, 0.25) is 0 Å². The number of rotatable bonds is 5. The molecule has 0 saturated carbocycles. The van der Waals surface area contributed by atoms with Gasteiger partial charge in [-0.25, -0.2) is 0 Å². The van der Waals surface area contributed by atoms with E-state index in [0.29, 0.717) is 23.3 Å². The van der Waals surface area contributed by atoms with E-state index in [0.717, 1.165) is 12.2 Å². The molecule has 0 atom stereocenters. The number of nitriles is 1. The third-order valence-electron chi connectivity index (χ3n) is 3.27. The molecule has 0 fully saturated rings. The highest BCUT2D eigenvalue weighted by Crippen LogP contribution is 2.21. The van der Waals surface area contributed by atoms with Crippen molar-refractivity contribution in [3.63, 3.8) is 0 Å². The molecule has 1 aromatic carbocycles. The van der Waals surface area contributed by atoms with Gasteiger partial charge in [0, 0.05) is 12.2 Å². The van der Waals surface area contributed by atoms with Crippen molar-refractivity contribution in [3.8, 4) is 6.07 Å². The van der Waals surface area contributed by atoms with Crippen molar-refractivity contribution < 1.29 is 0 Å². The van der Waals surface area contributed by atoms with Crippen LogP contribution >= 0.6 is 0 Å². The summed E-state index contributed by atoms with van der Waals surface area (Å²) < 4.78 is 0. The second-order valence-corrected chi connectivity index (χ2v) is 5.22. The molecule has 0 aliphatic heterocycles. The fourth-order valence-electron chi connectivity index (χ4n) is 2.14. The summed E-state index contributed by atoms with van der Waals surface area (Å²) in [4.78, 5) is 0. The number of nitrogens with zero attached hydrogens (tertiary/aromatic N) is 1. The van der Waals surface area contributed by atoms with Crippen molar-refractivity contribution in [2.24, 2.45) is 17.8 Å². The number of hydrogen-bond donors (Lipinski definition) is 1. The molecular weight excluding hydrogens is 208 g/mol. The number of anilines is 1. The van der Waals surface area contributed by atoms with Crippen molar-refractivity contribution in [2.75, 3.05) is 11.9 Å². The highest BCUT2D eigenvalue weighted by atomic mass is 14.9. The summed E-state index contributed by atoms with van der Waals surface area (Å²) in [6, 6.07) is 9.76. The molecule has 2 nitrogen and oxygen atoms in total. The second-order valence-electron chi connectivity index (χ2n) is 5.22. The maximum atomic E-state index is 8.72. The molecule has 0 aliphatic carbocycles. The summed E-state index contributed by atoms with van der Waals surface area (Å²) >= 11 is 0. The molecule has 0 bridgehead atoms. The van der Waals surface area contributed by atoms with Crippen LogP contribution in [0, 0.1) is 29.1 Å². The molecule has 0 radical (unpaired) electrons. The number of hydrogen-bond acceptors (Lipinski definition) is 2. The van der Waals surface area contributed by atoms with Gasteiger partial charge in [-0.1, -0.05) is 27.7 Å². The smallest absolute Gasteiger partial charge is 0.0991 e. The molecule has 0 saturated heterocycles. The van der Waals surface area contributed by atoms with Gasteiger partial charge in [-0.05, 0) is 42.0 Å². The molecule has 0 aromatic heterocycles. The molecule has 1 aromatic rings. The molecule has 92 valence electrons. The van der Waals surface area contributed by atoms with Crippen LogP contribution in [0.1, 0.15) is 33.3 Å². The Kier molecular flexibility index (Phi) is 5.03. The summed E-state index contributed by atoms with van der Waals surface area (Å²) in [6.07, 6.45) is 0. The first kappa shape index (κ1) is 13.6. The molecule has 0 spiro atoms. The lowest BCUT2D eigenvalue weighted by molar-refractivity contribution is 0.304. The van der Waals surface area contributed by atoms with Crippen molar-refractivity contribution in [2.45, 2.75) is 27.7 Å². The summed E-state index contributed by atoms with van der Waals surface area (Å²) in [5.41, 5.74) is 1.80. The lowest BCUT2D eigenvalue weighted by Gasteiger charge is -2.25. The molecule has 2 heteroatoms. The van der Waals surface area contributed by atoms with Crippen LogP contribution in [-0.4, -0.2) is 6.54 Å². The Labute approximate surface area is 105 Å². The van der Waals surface area contributed by atoms with E-state index in [-0.39, 0.29) is 0 Å². The van der Waals surface area contributed by atoms with Gasteiger partial charge in [-0.2, -0.15) is 5.26 Å². The Morgan fingerprint density at radius 2 is 1.59 bits per heavy atom. The maximum Gasteiger partial charge on any atom is 0.0991 e. The zero-order chi connectivity index (χ0) is 12.8. The zero-order valence-corrected chi connectivity index (χ0v) is 11.2. The SMILES string of the molecule is CC(C)C(CNc1ccc(C#N)cc1)C(C)C. The highest BCUT2D eigenvalue weighted by Gasteiger charge is 2.16. The zero-order valence-electron chi connectivity index (χ0n) is 11.2. The van der Waals surface area contributed by atoms with E-state index in [1.807, 2.05) is 24.3 Å². The van der Waals surface area contributed by atoms with Crippen LogP contribution in [0.15, 0.2) is 24.3 Å². The lowest BCUT2D eigenvalue weighted by Crippen LogP contribution is -2.24. The van der Waals surface area contributed by atoms with Crippen LogP contribution in [0.3, 0.4) is 0 Å². The fourth-order valence-corrected chi connectivity index (χ4v) is 2.14. The van der Waals surface area contributed by atoms with Crippen molar-refractivity contribution >= 4 is 5.69 Å². The van der Waals surface area contributed by atoms with Crippen LogP contribution in [-0.2, 0) is 0 Å². The lowest BCUT2D eigenvalue weighted by atomic mass is 9.85. The maximum absolute atomic E-state index is 8.72. The van der Waals surface area contributed by atoms with Crippen LogP contribution in [0.4, 0.5) is 5.69 Å². The van der Waals surface area contributed by atoms with Gasteiger partial charge in [0.05, 0.1) is 11.6 Å². The largest absolute Gasteiger partial charge is 0.385 e. The molecule has 0 unspecified atom stereocenters. The van der Waals surface area contributed by atoms with Gasteiger partial charge >= 0.3 is 0 Å². The minimum absolute atomic E-state index is 0.672. The first-order valence-corrected chi connectivity index (χ1v) is 6.28. The standard InChI is InChI=1S/C15H22N2/c1-11(2)15(12(3)4)10-17-14-7-5-13(9-16)6-8-14/h5-8,11-12,15,17H,10H2,1-4H3. The van der Waals surface area contributed by atoms with E-state index in [2.05, 4.69) is 39.1 Å². The third kappa shape index (κ3) is 4.11. The highest BCUT2D eigenvalue weighted by molar-refractivity contribution is 5.47. The van der Waals surface area contributed by atoms with Gasteiger partial charge in [-0.3, -0.25) is 0 Å². The van der Waals surface area contributed by atoms with Gasteiger partial charge in [0.15, 0.2) is 0 Å². The normalized spacial score (nSPS) is 10.9. The van der Waals surface area contributed by atoms with Gasteiger partial charge in [0.1, 0.15) is 0 Å². The van der Waals surface area contributed by atoms with E-state index >= 15 is 0 Å². The summed E-state index contributed by atoms with van der Waals surface area (Å²) in [5, 5.41) is 12.2. The summed E-state index contributed by atoms with van der Waals surface area (Å²) in [7, 11) is 0. The molecule has 0 aliphatic rings. The van der Waals surface area contributed by atoms with Crippen LogP contribution in [0.25, 0.3) is 0 Å². The predicted octanol–water partition coefficient (Wildman–Crippen LogP) is 3.90. The number of benzene rings is 1. The van der Waals surface area contributed by atoms with Gasteiger partial charge < -0.3 is 5.32 Å². The average Bonchev–Trinajstić information content (AvgIpc) is 2.29. The van der Waals surface area contributed by atoms with Gasteiger partial charge in [-0.15, -0.1) is 0 Å². The summed E-state index contributed by atoms with van der Waals surface area (Å²) in [5.74, 6) is 2.03. The van der Waals surface area contributed by atoms with E-state index in [1.165, 1.54) is 0 Å². The molecule has 17 heavy (non-hydrogen) atoms. The molecule has 1 rings (SSSR count). The van der Waals surface area contributed by atoms with Crippen molar-refractivity contribution in [1.82, 2.24) is 0 Å². The van der Waals surface area contributed by atoms with Crippen LogP contribution < -0.4 is 5.32 Å². The Balaban J connectivity index is 2.57. The average molecular weight is 230 g/mol. The third-order valence-corrected chi connectivity index (χ3v) is 3.27. The second kappa shape index (κ2) is 6.30. The fraction of sp³-hybridized carbons (Fsp3) is 0.533. The van der Waals surface area contributed by atoms with E-state index in [9.17, 15) is 0 Å². The Morgan fingerprint density at radius 1 is 1.06 bits per heavy atom. The topological polar surface area (TPSA) is 35.8 Å². The van der Waals surface area contributed by atoms with Crippen molar-refractivity contribution in [1.29, 1.82) is 5.26 Å². The molecule has 0 amide bonds. The molecule has 0 heterocycles. The Morgan fingerprint density at radius 3 is 2.00 bits per heavy atom. The van der Waals surface area contributed by atoms with E-state index in [1.54, 1.807) is 0 Å². The molecule has 1 N–H and O–H groups in total. The Hall–Kier alpha value is -1.49. The first-order chi connectivity index (χ1) is 8.04. The van der Waals surface area contributed by atoms with Gasteiger partial charge in [0.2, 0.25) is 0 Å². The van der Waals surface area contributed by atoms with Crippen LogP contribution in [0.5, 0.6) is 0 Å².